The van der Waals surface area contributed by atoms with Crippen LogP contribution in [-0.4, -0.2) is 19.2 Å². The van der Waals surface area contributed by atoms with Crippen molar-refractivity contribution in [1.29, 1.82) is 5.26 Å². The molecule has 0 bridgehead atoms. The van der Waals surface area contributed by atoms with E-state index >= 15 is 0 Å². The molecule has 0 saturated carbocycles. The van der Waals surface area contributed by atoms with Gasteiger partial charge in [-0.3, -0.25) is 0 Å². The monoisotopic (exact) mass is 212 g/mol. The SMILES string of the molecule is COc1c(C)nc(C#N)c(Cl)c1OC. The summed E-state index contributed by atoms with van der Waals surface area (Å²) in [6.45, 7) is 1.72. The molecule has 5 heteroatoms. The largest absolute Gasteiger partial charge is 0.491 e. The van der Waals surface area contributed by atoms with Crippen molar-refractivity contribution in [3.8, 4) is 17.6 Å². The maximum Gasteiger partial charge on any atom is 0.184 e. The van der Waals surface area contributed by atoms with Crippen LogP contribution in [0.5, 0.6) is 11.5 Å². The average Bonchev–Trinajstić information content (AvgIpc) is 2.20. The van der Waals surface area contributed by atoms with E-state index in [4.69, 9.17) is 26.3 Å². The molecule has 1 aromatic heterocycles. The Morgan fingerprint density at radius 1 is 1.29 bits per heavy atom. The number of aryl methyl sites for hydroxylation is 1. The van der Waals surface area contributed by atoms with Gasteiger partial charge in [0.25, 0.3) is 0 Å². The van der Waals surface area contributed by atoms with Gasteiger partial charge in [0.1, 0.15) is 11.1 Å². The Kier molecular flexibility index (Phi) is 3.15. The third-order valence-electron chi connectivity index (χ3n) is 1.74. The molecule has 0 aliphatic heterocycles. The molecule has 0 unspecified atom stereocenters. The van der Waals surface area contributed by atoms with Crippen molar-refractivity contribution in [3.05, 3.63) is 16.4 Å². The first-order valence-corrected chi connectivity index (χ1v) is 4.21. The van der Waals surface area contributed by atoms with Gasteiger partial charge in [0.15, 0.2) is 17.2 Å². The molecule has 0 atom stereocenters. The second-order valence-corrected chi connectivity index (χ2v) is 2.92. The lowest BCUT2D eigenvalue weighted by atomic mass is 10.2. The Hall–Kier alpha value is -1.47. The highest BCUT2D eigenvalue weighted by atomic mass is 35.5. The van der Waals surface area contributed by atoms with Crippen molar-refractivity contribution in [3.63, 3.8) is 0 Å². The van der Waals surface area contributed by atoms with Gasteiger partial charge in [-0.1, -0.05) is 11.6 Å². The highest BCUT2D eigenvalue weighted by Crippen LogP contribution is 2.37. The van der Waals surface area contributed by atoms with Gasteiger partial charge < -0.3 is 9.47 Å². The predicted octanol–water partition coefficient (Wildman–Crippen LogP) is 1.93. The van der Waals surface area contributed by atoms with Gasteiger partial charge >= 0.3 is 0 Å². The lowest BCUT2D eigenvalue weighted by Gasteiger charge is -2.11. The zero-order valence-corrected chi connectivity index (χ0v) is 8.84. The lowest BCUT2D eigenvalue weighted by molar-refractivity contribution is 0.351. The summed E-state index contributed by atoms with van der Waals surface area (Å²) in [6, 6.07) is 1.88. The molecule has 0 amide bonds. The van der Waals surface area contributed by atoms with Gasteiger partial charge in [-0.25, -0.2) is 4.98 Å². The minimum Gasteiger partial charge on any atom is -0.491 e. The highest BCUT2D eigenvalue weighted by Gasteiger charge is 2.17. The standard InChI is InChI=1S/C9H9ClN2O2/c1-5-8(13-2)9(14-3)7(10)6(4-11)12-5/h1-3H3. The first kappa shape index (κ1) is 10.6. The van der Waals surface area contributed by atoms with Crippen LogP contribution in [0.3, 0.4) is 0 Å². The second-order valence-electron chi connectivity index (χ2n) is 2.54. The first-order chi connectivity index (χ1) is 6.65. The van der Waals surface area contributed by atoms with Crippen LogP contribution < -0.4 is 9.47 Å². The molecule has 14 heavy (non-hydrogen) atoms. The Morgan fingerprint density at radius 3 is 2.29 bits per heavy atom. The van der Waals surface area contributed by atoms with Gasteiger partial charge in [-0.05, 0) is 6.92 Å². The van der Waals surface area contributed by atoms with Crippen molar-refractivity contribution < 1.29 is 9.47 Å². The van der Waals surface area contributed by atoms with E-state index in [0.29, 0.717) is 17.2 Å². The third kappa shape index (κ3) is 1.59. The number of rotatable bonds is 2. The molecule has 0 radical (unpaired) electrons. The fourth-order valence-corrected chi connectivity index (χ4v) is 1.38. The summed E-state index contributed by atoms with van der Waals surface area (Å²) < 4.78 is 10.1. The molecular formula is C9H9ClN2O2. The normalized spacial score (nSPS) is 9.36. The molecule has 1 rings (SSSR count). The van der Waals surface area contributed by atoms with E-state index in [1.165, 1.54) is 14.2 Å². The van der Waals surface area contributed by atoms with E-state index in [2.05, 4.69) is 4.98 Å². The Balaban J connectivity index is 3.50. The van der Waals surface area contributed by atoms with E-state index in [0.717, 1.165) is 0 Å². The fraction of sp³-hybridized carbons (Fsp3) is 0.333. The minimum atomic E-state index is 0.141. The minimum absolute atomic E-state index is 0.141. The number of methoxy groups -OCH3 is 2. The summed E-state index contributed by atoms with van der Waals surface area (Å²) in [5, 5.41) is 8.91. The molecule has 1 aromatic rings. The van der Waals surface area contributed by atoms with Crippen molar-refractivity contribution in [2.45, 2.75) is 6.92 Å². The van der Waals surface area contributed by atoms with Crippen LogP contribution in [0.15, 0.2) is 0 Å². The van der Waals surface area contributed by atoms with Crippen molar-refractivity contribution >= 4 is 11.6 Å². The van der Waals surface area contributed by atoms with E-state index in [1.54, 1.807) is 6.92 Å². The fourth-order valence-electron chi connectivity index (χ4n) is 1.14. The summed E-state index contributed by atoms with van der Waals surface area (Å²) in [5.74, 6) is 0.801. The average molecular weight is 213 g/mol. The number of halogens is 1. The van der Waals surface area contributed by atoms with E-state index < -0.39 is 0 Å². The summed E-state index contributed by atoms with van der Waals surface area (Å²) in [4.78, 5) is 3.97. The lowest BCUT2D eigenvalue weighted by Crippen LogP contribution is -1.99. The molecule has 0 saturated heterocycles. The van der Waals surface area contributed by atoms with Crippen LogP contribution in [0.4, 0.5) is 0 Å². The molecule has 0 aliphatic carbocycles. The van der Waals surface area contributed by atoms with Gasteiger partial charge in [0, 0.05) is 0 Å². The molecule has 1 heterocycles. The highest BCUT2D eigenvalue weighted by molar-refractivity contribution is 6.33. The molecule has 0 N–H and O–H groups in total. The van der Waals surface area contributed by atoms with Crippen molar-refractivity contribution in [2.24, 2.45) is 0 Å². The number of hydrogen-bond acceptors (Lipinski definition) is 4. The number of ether oxygens (including phenoxy) is 2. The Labute approximate surface area is 87.0 Å². The molecule has 0 aliphatic rings. The van der Waals surface area contributed by atoms with Crippen LogP contribution in [-0.2, 0) is 0 Å². The molecule has 74 valence electrons. The van der Waals surface area contributed by atoms with Crippen LogP contribution >= 0.6 is 11.6 Å². The topological polar surface area (TPSA) is 55.1 Å². The van der Waals surface area contributed by atoms with E-state index in [9.17, 15) is 0 Å². The van der Waals surface area contributed by atoms with E-state index in [-0.39, 0.29) is 10.7 Å². The van der Waals surface area contributed by atoms with Crippen LogP contribution in [0.2, 0.25) is 5.02 Å². The Bertz CT molecular complexity index is 395. The number of nitrogens with zero attached hydrogens (tertiary/aromatic N) is 2. The third-order valence-corrected chi connectivity index (χ3v) is 2.09. The smallest absolute Gasteiger partial charge is 0.184 e. The zero-order chi connectivity index (χ0) is 10.7. The predicted molar refractivity (Wildman–Crippen MR) is 51.8 cm³/mol. The van der Waals surface area contributed by atoms with Crippen LogP contribution in [0, 0.1) is 18.3 Å². The Morgan fingerprint density at radius 2 is 1.86 bits per heavy atom. The molecular weight excluding hydrogens is 204 g/mol. The number of aromatic nitrogens is 1. The molecule has 0 aromatic carbocycles. The van der Waals surface area contributed by atoms with Gasteiger partial charge in [0.2, 0.25) is 0 Å². The van der Waals surface area contributed by atoms with Gasteiger partial charge in [0.05, 0.1) is 19.9 Å². The summed E-state index contributed by atoms with van der Waals surface area (Å²) >= 11 is 5.87. The quantitative estimate of drug-likeness (QED) is 0.752. The first-order valence-electron chi connectivity index (χ1n) is 3.83. The molecule has 0 spiro atoms. The number of hydrogen-bond donors (Lipinski definition) is 0. The van der Waals surface area contributed by atoms with E-state index in [1.807, 2.05) is 6.07 Å². The number of pyridine rings is 1. The summed E-state index contributed by atoms with van der Waals surface area (Å²) in [5.41, 5.74) is 0.715. The van der Waals surface area contributed by atoms with Crippen LogP contribution in [0.1, 0.15) is 11.4 Å². The molecule has 4 nitrogen and oxygen atoms in total. The van der Waals surface area contributed by atoms with Crippen molar-refractivity contribution in [2.75, 3.05) is 14.2 Å². The molecule has 0 fully saturated rings. The van der Waals surface area contributed by atoms with Crippen LogP contribution in [0.25, 0.3) is 0 Å². The van der Waals surface area contributed by atoms with Gasteiger partial charge in [-0.2, -0.15) is 5.26 Å². The maximum absolute atomic E-state index is 8.73. The van der Waals surface area contributed by atoms with Crippen molar-refractivity contribution in [1.82, 2.24) is 4.98 Å². The number of nitriles is 1. The second kappa shape index (κ2) is 4.16. The zero-order valence-electron chi connectivity index (χ0n) is 8.09. The summed E-state index contributed by atoms with van der Waals surface area (Å²) in [6.07, 6.45) is 0. The maximum atomic E-state index is 8.73. The van der Waals surface area contributed by atoms with Gasteiger partial charge in [-0.15, -0.1) is 0 Å². The summed E-state index contributed by atoms with van der Waals surface area (Å²) in [7, 11) is 2.96.